The lowest BCUT2D eigenvalue weighted by Crippen LogP contribution is -2.38. The van der Waals surface area contributed by atoms with E-state index < -0.39 is 0 Å². The Bertz CT molecular complexity index is 268. The van der Waals surface area contributed by atoms with E-state index in [1.54, 1.807) is 0 Å². The third kappa shape index (κ3) is 2.05. The Morgan fingerprint density at radius 2 is 1.94 bits per heavy atom. The molecule has 0 aromatic carbocycles. The van der Waals surface area contributed by atoms with E-state index in [0.29, 0.717) is 12.5 Å². The van der Waals surface area contributed by atoms with Crippen LogP contribution in [-0.4, -0.2) is 36.2 Å². The second-order valence-corrected chi connectivity index (χ2v) is 5.97. The topological polar surface area (TPSA) is 23.5 Å². The summed E-state index contributed by atoms with van der Waals surface area (Å²) in [5.41, 5.74) is 0. The highest BCUT2D eigenvalue weighted by Crippen LogP contribution is 2.43. The molecule has 3 atom stereocenters. The third-order valence-electron chi connectivity index (χ3n) is 4.87. The average Bonchev–Trinajstić information content (AvgIpc) is 2.92. The lowest BCUT2D eigenvalue weighted by atomic mass is 9.91. The Labute approximate surface area is 98.3 Å². The minimum atomic E-state index is 0.394. The van der Waals surface area contributed by atoms with Crippen LogP contribution in [0.4, 0.5) is 0 Å². The average molecular weight is 221 g/mol. The van der Waals surface area contributed by atoms with Crippen molar-refractivity contribution in [3.05, 3.63) is 12.2 Å². The Morgan fingerprint density at radius 1 is 1.12 bits per heavy atom. The molecule has 2 aliphatic carbocycles. The molecule has 2 nitrogen and oxygen atoms in total. The van der Waals surface area contributed by atoms with E-state index >= 15 is 0 Å². The van der Waals surface area contributed by atoms with Crippen molar-refractivity contribution in [1.82, 2.24) is 4.90 Å². The van der Waals surface area contributed by atoms with Gasteiger partial charge in [0.2, 0.25) is 0 Å². The highest BCUT2D eigenvalue weighted by atomic mass is 16.3. The Morgan fingerprint density at radius 3 is 2.50 bits per heavy atom. The van der Waals surface area contributed by atoms with Gasteiger partial charge in [0.1, 0.15) is 0 Å². The fraction of sp³-hybridized carbons (Fsp3) is 0.857. The van der Waals surface area contributed by atoms with Gasteiger partial charge >= 0.3 is 0 Å². The maximum Gasteiger partial charge on any atom is 0.0460 e. The standard InChI is InChI=1S/C14H23NO/c16-10-11-3-5-15(6-4-11)9-14-8-12-1-2-13(14)7-12/h1-2,11-14,16H,3-10H2. The molecule has 0 aromatic heterocycles. The SMILES string of the molecule is OCC1CCN(CC2CC3C=CC2C3)CC1. The molecule has 1 N–H and O–H groups in total. The van der Waals surface area contributed by atoms with Crippen LogP contribution in [0, 0.1) is 23.7 Å². The summed E-state index contributed by atoms with van der Waals surface area (Å²) in [6.07, 6.45) is 10.2. The number of hydrogen-bond donors (Lipinski definition) is 1. The first-order valence-electron chi connectivity index (χ1n) is 6.86. The van der Waals surface area contributed by atoms with Gasteiger partial charge in [0.05, 0.1) is 0 Å². The van der Waals surface area contributed by atoms with Gasteiger partial charge in [0.25, 0.3) is 0 Å². The van der Waals surface area contributed by atoms with Gasteiger partial charge in [0.15, 0.2) is 0 Å². The molecular formula is C14H23NO. The number of allylic oxidation sites excluding steroid dienone is 2. The van der Waals surface area contributed by atoms with E-state index in [-0.39, 0.29) is 0 Å². The van der Waals surface area contributed by atoms with Crippen molar-refractivity contribution >= 4 is 0 Å². The minimum absolute atomic E-state index is 0.394. The highest BCUT2D eigenvalue weighted by Gasteiger charge is 2.36. The molecule has 3 unspecified atom stereocenters. The fourth-order valence-electron chi connectivity index (χ4n) is 3.79. The summed E-state index contributed by atoms with van der Waals surface area (Å²) in [5.74, 6) is 3.31. The maximum atomic E-state index is 9.12. The van der Waals surface area contributed by atoms with E-state index in [9.17, 15) is 0 Å². The summed E-state index contributed by atoms with van der Waals surface area (Å²) in [6.45, 7) is 4.13. The predicted octanol–water partition coefficient (Wildman–Crippen LogP) is 1.90. The van der Waals surface area contributed by atoms with Crippen LogP contribution in [0.3, 0.4) is 0 Å². The van der Waals surface area contributed by atoms with Crippen LogP contribution in [0.25, 0.3) is 0 Å². The molecule has 3 aliphatic rings. The summed E-state index contributed by atoms with van der Waals surface area (Å²) in [6, 6.07) is 0. The first-order valence-corrected chi connectivity index (χ1v) is 6.86. The second kappa shape index (κ2) is 4.50. The van der Waals surface area contributed by atoms with E-state index in [1.165, 1.54) is 45.3 Å². The number of likely N-dealkylation sites (tertiary alicyclic amines) is 1. The summed E-state index contributed by atoms with van der Waals surface area (Å²) >= 11 is 0. The van der Waals surface area contributed by atoms with Crippen LogP contribution in [0.5, 0.6) is 0 Å². The Balaban J connectivity index is 1.48. The number of aliphatic hydroxyl groups excluding tert-OH is 1. The maximum absolute atomic E-state index is 9.12. The number of nitrogens with zero attached hydrogens (tertiary/aromatic N) is 1. The van der Waals surface area contributed by atoms with Gasteiger partial charge in [0, 0.05) is 13.2 Å². The number of aliphatic hydroxyl groups is 1. The molecule has 1 saturated carbocycles. The van der Waals surface area contributed by atoms with Crippen LogP contribution in [0.15, 0.2) is 12.2 Å². The molecular weight excluding hydrogens is 198 g/mol. The summed E-state index contributed by atoms with van der Waals surface area (Å²) in [7, 11) is 0. The van der Waals surface area contributed by atoms with E-state index in [4.69, 9.17) is 5.11 Å². The van der Waals surface area contributed by atoms with Crippen LogP contribution in [-0.2, 0) is 0 Å². The number of piperidine rings is 1. The van der Waals surface area contributed by atoms with Gasteiger partial charge in [-0.2, -0.15) is 0 Å². The summed E-state index contributed by atoms with van der Waals surface area (Å²) in [5, 5.41) is 9.12. The van der Waals surface area contributed by atoms with Gasteiger partial charge < -0.3 is 10.0 Å². The van der Waals surface area contributed by atoms with E-state index in [0.717, 1.165) is 17.8 Å². The fourth-order valence-corrected chi connectivity index (χ4v) is 3.79. The van der Waals surface area contributed by atoms with Crippen molar-refractivity contribution in [2.45, 2.75) is 25.7 Å². The first kappa shape index (κ1) is 10.8. The normalized spacial score (nSPS) is 39.7. The molecule has 1 heterocycles. The Kier molecular flexibility index (Phi) is 3.03. The second-order valence-electron chi connectivity index (χ2n) is 5.97. The van der Waals surface area contributed by atoms with Crippen LogP contribution in [0.1, 0.15) is 25.7 Å². The lowest BCUT2D eigenvalue weighted by molar-refractivity contribution is 0.115. The molecule has 1 saturated heterocycles. The number of rotatable bonds is 3. The quantitative estimate of drug-likeness (QED) is 0.736. The van der Waals surface area contributed by atoms with E-state index in [2.05, 4.69) is 17.1 Å². The molecule has 0 spiro atoms. The van der Waals surface area contributed by atoms with Crippen LogP contribution < -0.4 is 0 Å². The molecule has 0 aromatic rings. The minimum Gasteiger partial charge on any atom is -0.396 e. The molecule has 3 rings (SSSR count). The number of hydrogen-bond acceptors (Lipinski definition) is 2. The predicted molar refractivity (Wildman–Crippen MR) is 65.1 cm³/mol. The van der Waals surface area contributed by atoms with Gasteiger partial charge in [-0.1, -0.05) is 12.2 Å². The smallest absolute Gasteiger partial charge is 0.0460 e. The lowest BCUT2D eigenvalue weighted by Gasteiger charge is -2.34. The molecule has 0 radical (unpaired) electrons. The highest BCUT2D eigenvalue weighted by molar-refractivity contribution is 5.10. The Hall–Kier alpha value is -0.340. The molecule has 90 valence electrons. The van der Waals surface area contributed by atoms with Crippen molar-refractivity contribution in [1.29, 1.82) is 0 Å². The first-order chi connectivity index (χ1) is 7.85. The van der Waals surface area contributed by atoms with Crippen molar-refractivity contribution < 1.29 is 5.11 Å². The van der Waals surface area contributed by atoms with Gasteiger partial charge in [-0.15, -0.1) is 0 Å². The zero-order valence-electron chi connectivity index (χ0n) is 10.0. The molecule has 1 aliphatic heterocycles. The van der Waals surface area contributed by atoms with Crippen molar-refractivity contribution in [2.24, 2.45) is 23.7 Å². The van der Waals surface area contributed by atoms with Gasteiger partial charge in [-0.3, -0.25) is 0 Å². The van der Waals surface area contributed by atoms with Crippen molar-refractivity contribution in [3.8, 4) is 0 Å². The largest absolute Gasteiger partial charge is 0.396 e. The van der Waals surface area contributed by atoms with E-state index in [1.807, 2.05) is 0 Å². The molecule has 2 heteroatoms. The van der Waals surface area contributed by atoms with Crippen molar-refractivity contribution in [3.63, 3.8) is 0 Å². The molecule has 2 bridgehead atoms. The molecule has 16 heavy (non-hydrogen) atoms. The van der Waals surface area contributed by atoms with Crippen LogP contribution in [0.2, 0.25) is 0 Å². The van der Waals surface area contributed by atoms with Gasteiger partial charge in [-0.05, 0) is 62.4 Å². The number of fused-ring (bicyclic) bond motifs is 2. The third-order valence-corrected chi connectivity index (χ3v) is 4.87. The zero-order chi connectivity index (χ0) is 11.0. The molecule has 0 amide bonds. The summed E-state index contributed by atoms with van der Waals surface area (Å²) < 4.78 is 0. The van der Waals surface area contributed by atoms with Crippen LogP contribution >= 0.6 is 0 Å². The monoisotopic (exact) mass is 221 g/mol. The zero-order valence-corrected chi connectivity index (χ0v) is 10.0. The molecule has 2 fully saturated rings. The summed E-state index contributed by atoms with van der Waals surface area (Å²) in [4.78, 5) is 2.63. The van der Waals surface area contributed by atoms with Gasteiger partial charge in [-0.25, -0.2) is 0 Å². The van der Waals surface area contributed by atoms with Crippen molar-refractivity contribution in [2.75, 3.05) is 26.2 Å².